The van der Waals surface area contributed by atoms with Crippen LogP contribution in [0.25, 0.3) is 0 Å². The van der Waals surface area contributed by atoms with Gasteiger partial charge in [-0.3, -0.25) is 19.4 Å². The average Bonchev–Trinajstić information content (AvgIpc) is 2.72. The third kappa shape index (κ3) is 9.57. The minimum Gasteiger partial charge on any atom is -0.370 e. The molecule has 1 aliphatic rings. The van der Waals surface area contributed by atoms with Crippen molar-refractivity contribution in [1.29, 1.82) is 0 Å². The Labute approximate surface area is 186 Å². The van der Waals surface area contributed by atoms with Gasteiger partial charge in [-0.2, -0.15) is 0 Å². The molecule has 1 aliphatic heterocycles. The highest BCUT2D eigenvalue weighted by Crippen LogP contribution is 2.18. The van der Waals surface area contributed by atoms with E-state index in [4.69, 9.17) is 11.5 Å². The lowest BCUT2D eigenvalue weighted by atomic mass is 9.90. The summed E-state index contributed by atoms with van der Waals surface area (Å²) >= 11 is 0. The topological polar surface area (TPSA) is 143 Å². The van der Waals surface area contributed by atoms with E-state index in [1.807, 2.05) is 18.7 Å². The van der Waals surface area contributed by atoms with Crippen molar-refractivity contribution in [3.8, 4) is 0 Å². The van der Waals surface area contributed by atoms with Gasteiger partial charge in [0.05, 0.1) is 0 Å². The van der Waals surface area contributed by atoms with Crippen LogP contribution < -0.4 is 22.1 Å². The first-order valence-electron chi connectivity index (χ1n) is 11.7. The van der Waals surface area contributed by atoms with Crippen molar-refractivity contribution in [2.75, 3.05) is 19.6 Å². The zero-order chi connectivity index (χ0) is 23.3. The number of amides is 3. The van der Waals surface area contributed by atoms with Crippen LogP contribution in [-0.2, 0) is 14.4 Å². The number of guanidine groups is 1. The van der Waals surface area contributed by atoms with E-state index in [2.05, 4.69) is 15.6 Å². The summed E-state index contributed by atoms with van der Waals surface area (Å²) in [5.41, 5.74) is 9.85. The van der Waals surface area contributed by atoms with E-state index in [1.165, 1.54) is 0 Å². The molecular formula is C22H42N6O3. The summed E-state index contributed by atoms with van der Waals surface area (Å²) in [4.78, 5) is 43.9. The van der Waals surface area contributed by atoms with Crippen LogP contribution in [0.3, 0.4) is 0 Å². The Morgan fingerprint density at radius 3 is 2.39 bits per heavy atom. The van der Waals surface area contributed by atoms with Gasteiger partial charge >= 0.3 is 0 Å². The number of aliphatic imine (C=N–C) groups is 1. The lowest BCUT2D eigenvalue weighted by Crippen LogP contribution is -2.61. The minimum atomic E-state index is -0.948. The van der Waals surface area contributed by atoms with Crippen molar-refractivity contribution in [2.24, 2.45) is 16.5 Å². The third-order valence-corrected chi connectivity index (χ3v) is 6.08. The molecule has 0 bridgehead atoms. The smallest absolute Gasteiger partial charge is 0.246 e. The van der Waals surface area contributed by atoms with E-state index in [9.17, 15) is 14.4 Å². The van der Waals surface area contributed by atoms with E-state index in [0.29, 0.717) is 51.7 Å². The van der Waals surface area contributed by atoms with Gasteiger partial charge in [0.1, 0.15) is 5.54 Å². The van der Waals surface area contributed by atoms with Crippen molar-refractivity contribution < 1.29 is 14.4 Å². The van der Waals surface area contributed by atoms with E-state index in [-0.39, 0.29) is 29.7 Å². The fourth-order valence-electron chi connectivity index (χ4n) is 3.97. The van der Waals surface area contributed by atoms with Crippen LogP contribution >= 0.6 is 0 Å². The van der Waals surface area contributed by atoms with Crippen molar-refractivity contribution >= 4 is 23.7 Å². The maximum absolute atomic E-state index is 13.3. The van der Waals surface area contributed by atoms with Gasteiger partial charge in [0.2, 0.25) is 17.7 Å². The third-order valence-electron chi connectivity index (χ3n) is 6.08. The van der Waals surface area contributed by atoms with Gasteiger partial charge in [0.15, 0.2) is 5.96 Å². The zero-order valence-corrected chi connectivity index (χ0v) is 19.5. The predicted octanol–water partition coefficient (Wildman–Crippen LogP) is 1.40. The van der Waals surface area contributed by atoms with Crippen LogP contribution in [0.1, 0.15) is 85.0 Å². The second-order valence-corrected chi connectivity index (χ2v) is 8.44. The lowest BCUT2D eigenvalue weighted by Gasteiger charge is -2.35. The Balaban J connectivity index is 3.07. The number of rotatable bonds is 6. The molecule has 1 saturated heterocycles. The van der Waals surface area contributed by atoms with Crippen LogP contribution in [0.4, 0.5) is 0 Å². The van der Waals surface area contributed by atoms with Crippen molar-refractivity contribution in [1.82, 2.24) is 15.5 Å². The molecule has 0 aromatic rings. The first kappa shape index (κ1) is 26.7. The molecule has 1 unspecified atom stereocenters. The minimum absolute atomic E-state index is 0.00154. The Morgan fingerprint density at radius 1 is 1.13 bits per heavy atom. The van der Waals surface area contributed by atoms with Gasteiger partial charge in [-0.15, -0.1) is 0 Å². The molecule has 6 N–H and O–H groups in total. The second kappa shape index (κ2) is 13.9. The van der Waals surface area contributed by atoms with E-state index in [1.54, 1.807) is 6.92 Å². The average molecular weight is 439 g/mol. The first-order chi connectivity index (χ1) is 14.7. The molecular weight excluding hydrogens is 396 g/mol. The molecule has 1 atom stereocenters. The highest BCUT2D eigenvalue weighted by Gasteiger charge is 2.37. The molecule has 31 heavy (non-hydrogen) atoms. The molecule has 0 saturated carbocycles. The highest BCUT2D eigenvalue weighted by atomic mass is 16.2. The molecule has 0 aromatic carbocycles. The summed E-state index contributed by atoms with van der Waals surface area (Å²) in [5, 5.41) is 6.11. The summed E-state index contributed by atoms with van der Waals surface area (Å²) in [6, 6.07) is -0.245. The molecule has 0 aliphatic carbocycles. The van der Waals surface area contributed by atoms with Crippen molar-refractivity contribution in [3.05, 3.63) is 0 Å². The largest absolute Gasteiger partial charge is 0.370 e. The molecule has 0 spiro atoms. The van der Waals surface area contributed by atoms with Gasteiger partial charge in [-0.1, -0.05) is 33.1 Å². The number of nitrogens with zero attached hydrogens (tertiary/aromatic N) is 2. The number of nitrogens with one attached hydrogen (secondary N) is 2. The summed E-state index contributed by atoms with van der Waals surface area (Å²) in [5.74, 6) is -0.243. The summed E-state index contributed by atoms with van der Waals surface area (Å²) < 4.78 is 0. The number of carbonyl (C=O) groups is 3. The Bertz CT molecular complexity index is 614. The van der Waals surface area contributed by atoms with Gasteiger partial charge in [-0.05, 0) is 38.5 Å². The SMILES string of the molecule is CCC1(CC)NC(=O)CCCCCCCN(C(C)=O)CC(CCCN=C(N)N)NC1=O. The fourth-order valence-corrected chi connectivity index (χ4v) is 3.97. The monoisotopic (exact) mass is 438 g/mol. The van der Waals surface area contributed by atoms with Gasteiger partial charge < -0.3 is 27.0 Å². The number of hydrogen-bond donors (Lipinski definition) is 4. The van der Waals surface area contributed by atoms with Crippen LogP contribution in [0.15, 0.2) is 4.99 Å². The number of nitrogens with two attached hydrogens (primary N) is 2. The molecule has 1 rings (SSSR count). The molecule has 9 heteroatoms. The Morgan fingerprint density at radius 2 is 1.77 bits per heavy atom. The maximum atomic E-state index is 13.3. The number of carbonyl (C=O) groups excluding carboxylic acids is 3. The second-order valence-electron chi connectivity index (χ2n) is 8.44. The van der Waals surface area contributed by atoms with E-state index in [0.717, 1.165) is 32.1 Å². The molecule has 3 amide bonds. The fraction of sp³-hybridized carbons (Fsp3) is 0.818. The lowest BCUT2D eigenvalue weighted by molar-refractivity contribution is -0.135. The molecule has 1 heterocycles. The predicted molar refractivity (Wildman–Crippen MR) is 123 cm³/mol. The van der Waals surface area contributed by atoms with E-state index >= 15 is 0 Å². The van der Waals surface area contributed by atoms with Gasteiger partial charge in [0.25, 0.3) is 0 Å². The molecule has 178 valence electrons. The van der Waals surface area contributed by atoms with Crippen LogP contribution in [0.2, 0.25) is 0 Å². The maximum Gasteiger partial charge on any atom is 0.246 e. The summed E-state index contributed by atoms with van der Waals surface area (Å²) in [6.07, 6.45) is 7.46. The summed E-state index contributed by atoms with van der Waals surface area (Å²) in [7, 11) is 0. The van der Waals surface area contributed by atoms with Crippen molar-refractivity contribution in [2.45, 2.75) is 96.6 Å². The Hall–Kier alpha value is -2.32. The molecule has 0 radical (unpaired) electrons. The normalized spacial score (nSPS) is 21.3. The van der Waals surface area contributed by atoms with Crippen LogP contribution in [0, 0.1) is 0 Å². The van der Waals surface area contributed by atoms with Crippen molar-refractivity contribution in [3.63, 3.8) is 0 Å². The van der Waals surface area contributed by atoms with Gasteiger partial charge in [-0.25, -0.2) is 0 Å². The van der Waals surface area contributed by atoms with Crippen LogP contribution in [0.5, 0.6) is 0 Å². The summed E-state index contributed by atoms with van der Waals surface area (Å²) in [6.45, 7) is 6.94. The quantitative estimate of drug-likeness (QED) is 0.282. The van der Waals surface area contributed by atoms with Gasteiger partial charge in [0, 0.05) is 39.0 Å². The number of hydrogen-bond acceptors (Lipinski definition) is 4. The molecule has 9 nitrogen and oxygen atoms in total. The molecule has 0 aromatic heterocycles. The highest BCUT2D eigenvalue weighted by molar-refractivity contribution is 5.91. The Kier molecular flexibility index (Phi) is 12.0. The zero-order valence-electron chi connectivity index (χ0n) is 19.5. The van der Waals surface area contributed by atoms with Crippen LogP contribution in [-0.4, -0.2) is 59.8 Å². The molecule has 1 fully saturated rings. The first-order valence-corrected chi connectivity index (χ1v) is 11.7. The standard InChI is InChI=1S/C22H42N6O3/c1-4-22(5-2)20(31)26-18(12-11-14-25-21(23)24)16-28(17(3)29)15-10-8-6-7-9-13-19(30)27-22/h18H,4-16H2,1-3H3,(H,26,31)(H,27,30)(H4,23,24,25). The van der Waals surface area contributed by atoms with E-state index < -0.39 is 5.54 Å².